The van der Waals surface area contributed by atoms with Crippen molar-refractivity contribution in [3.8, 4) is 0 Å². The number of nitrogens with zero attached hydrogens (tertiary/aromatic N) is 1. The fourth-order valence-electron chi connectivity index (χ4n) is 6.19. The summed E-state index contributed by atoms with van der Waals surface area (Å²) in [6.45, 7) is 4.93. The zero-order valence-electron chi connectivity index (χ0n) is 23.9. The summed E-state index contributed by atoms with van der Waals surface area (Å²) in [4.78, 5) is 46.6. The molecule has 2 aliphatic heterocycles. The van der Waals surface area contributed by atoms with Gasteiger partial charge in [0.05, 0.1) is 12.1 Å². The zero-order chi connectivity index (χ0) is 29.2. The number of para-hydroxylation sites is 1. The van der Waals surface area contributed by atoms with Crippen LogP contribution in [-0.2, 0) is 27.2 Å². The maximum Gasteiger partial charge on any atom is 0.255 e. The van der Waals surface area contributed by atoms with Gasteiger partial charge < -0.3 is 25.3 Å². The quantitative estimate of drug-likeness (QED) is 0.250. The van der Waals surface area contributed by atoms with Crippen molar-refractivity contribution in [2.45, 2.75) is 57.3 Å². The Labute approximate surface area is 245 Å². The van der Waals surface area contributed by atoms with Crippen LogP contribution in [0.3, 0.4) is 0 Å². The number of aromatic amines is 1. The third kappa shape index (κ3) is 5.30. The molecule has 3 amide bonds. The highest BCUT2D eigenvalue weighted by atomic mass is 16.5. The van der Waals surface area contributed by atoms with E-state index in [9.17, 15) is 14.4 Å². The molecule has 0 aliphatic carbocycles. The first-order valence-electron chi connectivity index (χ1n) is 14.7. The molecule has 8 nitrogen and oxygen atoms in total. The molecule has 1 aromatic heterocycles. The van der Waals surface area contributed by atoms with Crippen LogP contribution in [0.2, 0.25) is 0 Å². The van der Waals surface area contributed by atoms with Gasteiger partial charge in [0.25, 0.3) is 5.91 Å². The Morgan fingerprint density at radius 2 is 1.74 bits per heavy atom. The van der Waals surface area contributed by atoms with Crippen molar-refractivity contribution >= 4 is 28.6 Å². The maximum absolute atomic E-state index is 14.1. The largest absolute Gasteiger partial charge is 0.379 e. The first-order valence-corrected chi connectivity index (χ1v) is 14.7. The molecule has 3 heterocycles. The van der Waals surface area contributed by atoms with E-state index < -0.39 is 18.1 Å². The van der Waals surface area contributed by atoms with E-state index in [2.05, 4.69) is 15.6 Å². The Morgan fingerprint density at radius 1 is 1.00 bits per heavy atom. The Balaban J connectivity index is 1.28. The van der Waals surface area contributed by atoms with Gasteiger partial charge in [-0.3, -0.25) is 14.4 Å². The number of fused-ring (bicyclic) bond motifs is 7. The summed E-state index contributed by atoms with van der Waals surface area (Å²) in [5.41, 5.74) is 5.38. The van der Waals surface area contributed by atoms with Crippen LogP contribution < -0.4 is 10.6 Å². The lowest BCUT2D eigenvalue weighted by Crippen LogP contribution is -2.57. The van der Waals surface area contributed by atoms with Gasteiger partial charge in [-0.05, 0) is 49.1 Å². The molecule has 3 unspecified atom stereocenters. The second-order valence-electron chi connectivity index (χ2n) is 11.3. The van der Waals surface area contributed by atoms with E-state index >= 15 is 0 Å². The molecule has 3 atom stereocenters. The van der Waals surface area contributed by atoms with E-state index in [1.807, 2.05) is 92.7 Å². The second kappa shape index (κ2) is 11.8. The van der Waals surface area contributed by atoms with Crippen molar-refractivity contribution in [1.82, 2.24) is 20.5 Å². The van der Waals surface area contributed by atoms with E-state index in [0.717, 1.165) is 33.3 Å². The van der Waals surface area contributed by atoms with Crippen molar-refractivity contribution in [3.63, 3.8) is 0 Å². The van der Waals surface area contributed by atoms with Crippen LogP contribution in [0, 0.1) is 0 Å². The van der Waals surface area contributed by atoms with E-state index in [4.69, 9.17) is 4.74 Å². The average molecular weight is 565 g/mol. The van der Waals surface area contributed by atoms with Gasteiger partial charge in [0.1, 0.15) is 12.1 Å². The topological polar surface area (TPSA) is 104 Å². The molecule has 0 saturated carbocycles. The van der Waals surface area contributed by atoms with Gasteiger partial charge in [0.2, 0.25) is 11.8 Å². The van der Waals surface area contributed by atoms with Crippen molar-refractivity contribution in [2.75, 3.05) is 13.2 Å². The molecule has 216 valence electrons. The molecule has 0 saturated heterocycles. The van der Waals surface area contributed by atoms with Gasteiger partial charge in [-0.25, -0.2) is 0 Å². The summed E-state index contributed by atoms with van der Waals surface area (Å²) in [7, 11) is 0. The van der Waals surface area contributed by atoms with Crippen LogP contribution in [0.5, 0.6) is 0 Å². The molecule has 3 N–H and O–H groups in total. The maximum atomic E-state index is 14.1. The summed E-state index contributed by atoms with van der Waals surface area (Å²) in [5, 5.41) is 7.05. The summed E-state index contributed by atoms with van der Waals surface area (Å²) in [6.07, 6.45) is 1.49. The molecule has 8 heteroatoms. The monoisotopic (exact) mass is 564 g/mol. The van der Waals surface area contributed by atoms with Crippen LogP contribution in [0.4, 0.5) is 0 Å². The number of carbonyl (C=O) groups is 3. The zero-order valence-corrected chi connectivity index (χ0v) is 23.9. The molecular formula is C34H36N4O4. The number of nitrogens with one attached hydrogen (secondary N) is 3. The third-order valence-electron chi connectivity index (χ3n) is 8.14. The second-order valence-corrected chi connectivity index (χ2v) is 11.3. The smallest absolute Gasteiger partial charge is 0.255 e. The number of H-pyrrole nitrogens is 1. The van der Waals surface area contributed by atoms with Crippen molar-refractivity contribution in [1.29, 1.82) is 0 Å². The number of rotatable bonds is 10. The Morgan fingerprint density at radius 3 is 2.55 bits per heavy atom. The van der Waals surface area contributed by atoms with Crippen LogP contribution in [-0.4, -0.2) is 58.9 Å². The van der Waals surface area contributed by atoms with Gasteiger partial charge in [0, 0.05) is 48.2 Å². The van der Waals surface area contributed by atoms with Gasteiger partial charge >= 0.3 is 0 Å². The minimum atomic E-state index is -0.797. The molecule has 0 fully saturated rings. The molecular weight excluding hydrogens is 528 g/mol. The lowest BCUT2D eigenvalue weighted by atomic mass is 9.89. The molecule has 4 aromatic rings. The predicted molar refractivity (Wildman–Crippen MR) is 161 cm³/mol. The van der Waals surface area contributed by atoms with Gasteiger partial charge in [-0.15, -0.1) is 0 Å². The predicted octanol–water partition coefficient (Wildman–Crippen LogP) is 4.30. The lowest BCUT2D eigenvalue weighted by Gasteiger charge is -2.37. The van der Waals surface area contributed by atoms with E-state index in [0.29, 0.717) is 38.0 Å². The summed E-state index contributed by atoms with van der Waals surface area (Å²) >= 11 is 0. The van der Waals surface area contributed by atoms with Gasteiger partial charge in [-0.1, -0.05) is 66.7 Å². The minimum absolute atomic E-state index is 0.127. The first kappa shape index (κ1) is 27.7. The number of hydrogen-bond acceptors (Lipinski definition) is 4. The summed E-state index contributed by atoms with van der Waals surface area (Å²) in [6, 6.07) is 23.2. The Kier molecular flexibility index (Phi) is 7.80. The molecule has 0 bridgehead atoms. The van der Waals surface area contributed by atoms with E-state index in [1.165, 1.54) is 0 Å². The molecule has 6 rings (SSSR count). The number of aromatic nitrogens is 1. The van der Waals surface area contributed by atoms with Crippen LogP contribution >= 0.6 is 0 Å². The number of carbonyl (C=O) groups excluding carboxylic acids is 3. The number of benzene rings is 3. The SMILES string of the molecule is CC(C)OCCCNC(=O)C(Cc1ccccc1)NC(=O)C1Cc2c([nH]c3ccccc23)C2c3ccccc3C(=O)N12. The number of ether oxygens (including phenoxy) is 1. The van der Waals surface area contributed by atoms with Crippen molar-refractivity contribution in [2.24, 2.45) is 0 Å². The molecule has 2 aliphatic rings. The van der Waals surface area contributed by atoms with Crippen molar-refractivity contribution in [3.05, 3.63) is 107 Å². The highest BCUT2D eigenvalue weighted by Gasteiger charge is 2.49. The number of hydrogen-bond donors (Lipinski definition) is 3. The Bertz CT molecular complexity index is 1610. The highest BCUT2D eigenvalue weighted by molar-refractivity contribution is 6.04. The van der Waals surface area contributed by atoms with E-state index in [-0.39, 0.29) is 23.8 Å². The summed E-state index contributed by atoms with van der Waals surface area (Å²) in [5.74, 6) is -0.765. The minimum Gasteiger partial charge on any atom is -0.379 e. The standard InChI is InChI=1S/C34H36N4O4/c1-21(2)42-18-10-17-35-32(39)28(19-22-11-4-3-5-12-22)37-33(40)29-20-26-23-13-8-9-16-27(23)36-30(26)31-24-14-6-7-15-25(24)34(41)38(29)31/h3-9,11-16,21,28-29,31,36H,10,17-20H2,1-2H3,(H,35,39)(H,37,40). The third-order valence-corrected chi connectivity index (χ3v) is 8.14. The fourth-order valence-corrected chi connectivity index (χ4v) is 6.19. The Hall–Kier alpha value is -4.43. The molecule has 0 spiro atoms. The first-order chi connectivity index (χ1) is 20.4. The highest BCUT2D eigenvalue weighted by Crippen LogP contribution is 2.46. The summed E-state index contributed by atoms with van der Waals surface area (Å²) < 4.78 is 5.59. The molecule has 0 radical (unpaired) electrons. The average Bonchev–Trinajstić information content (AvgIpc) is 3.52. The van der Waals surface area contributed by atoms with E-state index in [1.54, 1.807) is 4.90 Å². The molecule has 42 heavy (non-hydrogen) atoms. The van der Waals surface area contributed by atoms with Gasteiger partial charge in [0.15, 0.2) is 0 Å². The lowest BCUT2D eigenvalue weighted by molar-refractivity contribution is -0.132. The van der Waals surface area contributed by atoms with Crippen LogP contribution in [0.25, 0.3) is 10.9 Å². The fraction of sp³-hybridized carbons (Fsp3) is 0.324. The normalized spacial score (nSPS) is 18.0. The van der Waals surface area contributed by atoms with Crippen LogP contribution in [0.1, 0.15) is 59.1 Å². The number of amides is 3. The van der Waals surface area contributed by atoms with Crippen LogP contribution in [0.15, 0.2) is 78.9 Å². The molecule has 3 aromatic carbocycles. The van der Waals surface area contributed by atoms with Gasteiger partial charge in [-0.2, -0.15) is 0 Å². The van der Waals surface area contributed by atoms with Crippen molar-refractivity contribution < 1.29 is 19.1 Å².